The minimum absolute atomic E-state index is 0.0266. The summed E-state index contributed by atoms with van der Waals surface area (Å²) in [4.78, 5) is 75.7. The van der Waals surface area contributed by atoms with Gasteiger partial charge in [0.25, 0.3) is 0 Å². The van der Waals surface area contributed by atoms with Gasteiger partial charge >= 0.3 is 5.97 Å². The highest BCUT2D eigenvalue weighted by molar-refractivity contribution is 6.63. The van der Waals surface area contributed by atoms with Gasteiger partial charge in [0.15, 0.2) is 5.78 Å². The molecule has 5 N–H and O–H groups in total. The Kier molecular flexibility index (Phi) is 24.8. The molecule has 0 radical (unpaired) electrons. The predicted octanol–water partition coefficient (Wildman–Crippen LogP) is 13.6. The summed E-state index contributed by atoms with van der Waals surface area (Å²) >= 11 is 5.13. The molecule has 17 nitrogen and oxygen atoms in total. The average molecular weight is 1180 g/mol. The van der Waals surface area contributed by atoms with Crippen molar-refractivity contribution < 1.29 is 53.5 Å². The summed E-state index contributed by atoms with van der Waals surface area (Å²) in [7, 11) is 0. The monoisotopic (exact) mass is 1180 g/mol. The third-order valence-corrected chi connectivity index (χ3v) is 13.0. The van der Waals surface area contributed by atoms with Crippen molar-refractivity contribution in [3.8, 4) is 57.0 Å². The molecule has 0 aliphatic rings. The standard InChI is InChI=1S/C19H17NO4.C17H15NO3.C16H17NO3.C9H12O2.C7H6ClNO/c1-3-6-13-9-14-18(10-17(13)24-12(2)21)23-11-15(19(14)22)16-7-4-5-8-20-16;1-2-5-11-8-12-16(9-15(11)19)21-10-13(17(12)20)14-6-3-4-7-18-14;1-2-5-11-8-13(16(20)10-14(11)18)15(19)9-12-6-3-4-7-17-12;1-2-3-7-4-5-8(10)6-9(7)11;8-7(10)5-6-3-1-2-4-9-6/h4-5,7-11H,3,6H2,1-2H3;3-4,6-10,19H,2,5H2,1H3;3-4,6-8,10,18,20H,2,5,9H2,1H3;4-6,10-11H,2-3H2,1H3;1-4H,5H2. The van der Waals surface area contributed by atoms with E-state index in [4.69, 9.17) is 30.3 Å². The number of carbonyl (C=O) groups is 3. The van der Waals surface area contributed by atoms with Gasteiger partial charge in [-0.2, -0.15) is 0 Å². The first-order chi connectivity index (χ1) is 41.4. The van der Waals surface area contributed by atoms with Crippen LogP contribution >= 0.6 is 11.6 Å². The molecule has 0 atom stereocenters. The zero-order valence-electron chi connectivity index (χ0n) is 48.3. The molecule has 6 heterocycles. The number of Topliss-reactive ketones (excluding diaryl/α,β-unsaturated/α-hetero) is 1. The molecule has 4 aromatic carbocycles. The Morgan fingerprint density at radius 3 is 1.42 bits per heavy atom. The van der Waals surface area contributed by atoms with Crippen LogP contribution in [0.1, 0.15) is 104 Å². The third-order valence-electron chi connectivity index (χ3n) is 12.8. The average Bonchev–Trinajstić information content (AvgIpc) is 1.11. The zero-order valence-corrected chi connectivity index (χ0v) is 49.1. The number of hydrogen-bond acceptors (Lipinski definition) is 17. The maximum atomic E-state index is 12.8. The smallest absolute Gasteiger partial charge is 0.308 e. The van der Waals surface area contributed by atoms with Crippen LogP contribution in [0.2, 0.25) is 0 Å². The molecule has 86 heavy (non-hydrogen) atoms. The Balaban J connectivity index is 0.000000178. The number of ketones is 1. The summed E-state index contributed by atoms with van der Waals surface area (Å²) in [5, 5.41) is 48.3. The number of pyridine rings is 4. The van der Waals surface area contributed by atoms with Crippen molar-refractivity contribution in [2.75, 3.05) is 0 Å². The number of nitrogens with zero attached hydrogens (tertiary/aromatic N) is 4. The Hall–Kier alpha value is -10.0. The van der Waals surface area contributed by atoms with E-state index in [1.807, 2.05) is 52.0 Å². The summed E-state index contributed by atoms with van der Waals surface area (Å²) in [6.45, 7) is 9.43. The number of phenols is 5. The van der Waals surface area contributed by atoms with Crippen LogP contribution in [0.3, 0.4) is 0 Å². The van der Waals surface area contributed by atoms with E-state index < -0.39 is 5.97 Å². The largest absolute Gasteiger partial charge is 0.508 e. The Morgan fingerprint density at radius 1 is 0.488 bits per heavy atom. The van der Waals surface area contributed by atoms with Crippen LogP contribution in [-0.4, -0.2) is 62.5 Å². The first-order valence-electron chi connectivity index (χ1n) is 27.9. The predicted molar refractivity (Wildman–Crippen MR) is 331 cm³/mol. The van der Waals surface area contributed by atoms with Crippen molar-refractivity contribution in [1.82, 2.24) is 19.9 Å². The SMILES string of the molecule is CCCc1cc(C(=O)Cc2ccccn2)c(O)cc1O.CCCc1cc2c(=O)c(-c3ccccn3)coc2cc1O.CCCc1cc2c(=O)c(-c3ccccn3)coc2cc1OC(C)=O.CCCc1ccc(O)cc1O.O=C(Cl)Cc1ccccn1. The highest BCUT2D eigenvalue weighted by atomic mass is 35.5. The molecule has 0 aliphatic heterocycles. The maximum Gasteiger partial charge on any atom is 0.308 e. The number of esters is 1. The number of halogens is 1. The van der Waals surface area contributed by atoms with Gasteiger partial charge in [-0.1, -0.05) is 83.7 Å². The summed E-state index contributed by atoms with van der Waals surface area (Å²) in [5.41, 5.74) is 7.21. The lowest BCUT2D eigenvalue weighted by Gasteiger charge is -2.10. The summed E-state index contributed by atoms with van der Waals surface area (Å²) in [6, 6.07) is 35.6. The fourth-order valence-corrected chi connectivity index (χ4v) is 8.89. The van der Waals surface area contributed by atoms with Gasteiger partial charge in [-0.3, -0.25) is 43.9 Å². The highest BCUT2D eigenvalue weighted by Gasteiger charge is 2.18. The normalized spacial score (nSPS) is 10.4. The molecule has 6 aromatic heterocycles. The number of fused-ring (bicyclic) bond motifs is 2. The number of hydrogen-bond donors (Lipinski definition) is 5. The van der Waals surface area contributed by atoms with Crippen LogP contribution in [0, 0.1) is 0 Å². The van der Waals surface area contributed by atoms with E-state index in [0.717, 1.165) is 55.2 Å². The van der Waals surface area contributed by atoms with Gasteiger partial charge in [0, 0.05) is 67.4 Å². The van der Waals surface area contributed by atoms with Crippen LogP contribution in [0.25, 0.3) is 44.5 Å². The minimum atomic E-state index is -0.404. The molecular formula is C68H67ClN4O13. The molecule has 0 saturated carbocycles. The lowest BCUT2D eigenvalue weighted by atomic mass is 9.99. The molecule has 10 aromatic rings. The molecule has 0 aliphatic carbocycles. The summed E-state index contributed by atoms with van der Waals surface area (Å²) in [5.74, 6) is 0.123. The Bertz CT molecular complexity index is 3990. The van der Waals surface area contributed by atoms with Crippen LogP contribution in [0.15, 0.2) is 183 Å². The van der Waals surface area contributed by atoms with E-state index in [0.29, 0.717) is 80.0 Å². The van der Waals surface area contributed by atoms with E-state index in [1.165, 1.54) is 37.6 Å². The van der Waals surface area contributed by atoms with Crippen molar-refractivity contribution in [3.05, 3.63) is 224 Å². The first-order valence-corrected chi connectivity index (χ1v) is 28.3. The van der Waals surface area contributed by atoms with Crippen molar-refractivity contribution in [3.63, 3.8) is 0 Å². The Morgan fingerprint density at radius 2 is 0.942 bits per heavy atom. The fourth-order valence-electron chi connectivity index (χ4n) is 8.75. The molecular weight excluding hydrogens is 1120 g/mol. The third kappa shape index (κ3) is 18.8. The highest BCUT2D eigenvalue weighted by Crippen LogP contribution is 2.31. The van der Waals surface area contributed by atoms with Crippen LogP contribution in [-0.2, 0) is 48.1 Å². The van der Waals surface area contributed by atoms with Gasteiger partial charge < -0.3 is 39.1 Å². The zero-order chi connectivity index (χ0) is 62.1. The molecule has 0 saturated heterocycles. The molecule has 444 valence electrons. The molecule has 0 fully saturated rings. The topological polar surface area (TPSA) is 274 Å². The van der Waals surface area contributed by atoms with Crippen LogP contribution < -0.4 is 15.6 Å². The van der Waals surface area contributed by atoms with E-state index in [1.54, 1.807) is 110 Å². The molecule has 10 rings (SSSR count). The van der Waals surface area contributed by atoms with E-state index in [2.05, 4.69) is 19.9 Å². The molecule has 0 bridgehead atoms. The number of benzene rings is 4. The van der Waals surface area contributed by atoms with Gasteiger partial charge in [0.2, 0.25) is 16.1 Å². The van der Waals surface area contributed by atoms with E-state index >= 15 is 0 Å². The second-order valence-electron chi connectivity index (χ2n) is 19.5. The lowest BCUT2D eigenvalue weighted by molar-refractivity contribution is -0.132. The lowest BCUT2D eigenvalue weighted by Crippen LogP contribution is -2.08. The fraction of sp³-hybridized carbons (Fsp3) is 0.221. The Labute approximate surface area is 501 Å². The number of aromatic nitrogens is 4. The molecule has 0 unspecified atom stereocenters. The maximum absolute atomic E-state index is 12.8. The number of ether oxygens (including phenoxy) is 1. The number of aryl methyl sites for hydroxylation is 4. The summed E-state index contributed by atoms with van der Waals surface area (Å²) in [6.07, 6.45) is 16.2. The van der Waals surface area contributed by atoms with Crippen LogP contribution in [0.5, 0.6) is 34.5 Å². The van der Waals surface area contributed by atoms with Gasteiger partial charge in [-0.05, 0) is 132 Å². The van der Waals surface area contributed by atoms with E-state index in [-0.39, 0.29) is 69.0 Å². The van der Waals surface area contributed by atoms with E-state index in [9.17, 15) is 44.4 Å². The van der Waals surface area contributed by atoms with Crippen molar-refractivity contribution >= 4 is 50.5 Å². The van der Waals surface area contributed by atoms with Gasteiger partial charge in [0.1, 0.15) is 58.2 Å². The van der Waals surface area contributed by atoms with Crippen molar-refractivity contribution in [2.45, 2.75) is 98.8 Å². The molecule has 0 spiro atoms. The van der Waals surface area contributed by atoms with Gasteiger partial charge in [0.05, 0.1) is 51.7 Å². The molecule has 18 heteroatoms. The first kappa shape index (κ1) is 65.2. The summed E-state index contributed by atoms with van der Waals surface area (Å²) < 4.78 is 16.3. The number of aromatic hydroxyl groups is 5. The van der Waals surface area contributed by atoms with Gasteiger partial charge in [-0.15, -0.1) is 0 Å². The minimum Gasteiger partial charge on any atom is -0.508 e. The van der Waals surface area contributed by atoms with Crippen molar-refractivity contribution in [2.24, 2.45) is 0 Å². The number of phenolic OH excluding ortho intramolecular Hbond substituents is 5. The number of carbonyl (C=O) groups excluding carboxylic acids is 3. The van der Waals surface area contributed by atoms with Gasteiger partial charge in [-0.25, -0.2) is 0 Å². The second kappa shape index (κ2) is 32.7. The number of rotatable bonds is 16. The van der Waals surface area contributed by atoms with Crippen LogP contribution in [0.4, 0.5) is 0 Å². The molecule has 0 amide bonds. The quantitative estimate of drug-likeness (QED) is 0.0260. The van der Waals surface area contributed by atoms with Crippen molar-refractivity contribution in [1.29, 1.82) is 0 Å². The second-order valence-corrected chi connectivity index (χ2v) is 19.9.